The zero-order valence-electron chi connectivity index (χ0n) is 17.0. The first-order valence-electron chi connectivity index (χ1n) is 9.35. The predicted octanol–water partition coefficient (Wildman–Crippen LogP) is 3.68. The number of thioether (sulfide) groups is 1. The summed E-state index contributed by atoms with van der Waals surface area (Å²) in [5, 5.41) is 0. The Balaban J connectivity index is 2.16. The van der Waals surface area contributed by atoms with Gasteiger partial charge in [-0.2, -0.15) is 0 Å². The van der Waals surface area contributed by atoms with Crippen molar-refractivity contribution < 1.29 is 23.8 Å². The summed E-state index contributed by atoms with van der Waals surface area (Å²) < 4.78 is 16.8. The first-order valence-corrected chi connectivity index (χ1v) is 10.6. The summed E-state index contributed by atoms with van der Waals surface area (Å²) in [5.74, 6) is 0.357. The third-order valence-corrected chi connectivity index (χ3v) is 4.56. The van der Waals surface area contributed by atoms with Gasteiger partial charge in [0.05, 0.1) is 19.8 Å². The predicted molar refractivity (Wildman–Crippen MR) is 113 cm³/mol. The molecule has 2 amide bonds. The summed E-state index contributed by atoms with van der Waals surface area (Å²) in [4.78, 5) is 25.9. The minimum Gasteiger partial charge on any atom is -0.490 e. The molecule has 0 aromatic heterocycles. The van der Waals surface area contributed by atoms with E-state index in [-0.39, 0.29) is 5.56 Å². The number of benzene rings is 2. The van der Waals surface area contributed by atoms with Crippen LogP contribution in [0, 0.1) is 0 Å². The lowest BCUT2D eigenvalue weighted by atomic mass is 10.1. The average Bonchev–Trinajstić information content (AvgIpc) is 2.74. The molecule has 0 aliphatic rings. The molecule has 0 fully saturated rings. The van der Waals surface area contributed by atoms with Crippen LogP contribution in [0.2, 0.25) is 0 Å². The van der Waals surface area contributed by atoms with Crippen LogP contribution in [0.15, 0.2) is 41.3 Å². The number of hydrogen-bond donors (Lipinski definition) is 2. The van der Waals surface area contributed by atoms with E-state index >= 15 is 0 Å². The van der Waals surface area contributed by atoms with Crippen molar-refractivity contribution in [2.75, 3.05) is 26.1 Å². The number of rotatable bonds is 9. The molecule has 156 valence electrons. The highest BCUT2D eigenvalue weighted by molar-refractivity contribution is 7.98. The first kappa shape index (κ1) is 22.4. The molecule has 2 rings (SSSR count). The van der Waals surface area contributed by atoms with Crippen molar-refractivity contribution in [3.63, 3.8) is 0 Å². The Morgan fingerprint density at radius 1 is 0.793 bits per heavy atom. The molecule has 0 unspecified atom stereocenters. The number of ether oxygens (including phenoxy) is 3. The maximum absolute atomic E-state index is 12.6. The molecule has 0 spiro atoms. The van der Waals surface area contributed by atoms with E-state index in [0.29, 0.717) is 42.6 Å². The molecular weight excluding hydrogens is 392 g/mol. The van der Waals surface area contributed by atoms with Gasteiger partial charge in [-0.15, -0.1) is 11.8 Å². The number of amides is 2. The Labute approximate surface area is 175 Å². The van der Waals surface area contributed by atoms with Gasteiger partial charge in [-0.3, -0.25) is 20.4 Å². The lowest BCUT2D eigenvalue weighted by Gasteiger charge is -2.17. The van der Waals surface area contributed by atoms with E-state index in [1.165, 1.54) is 0 Å². The molecule has 0 atom stereocenters. The molecule has 29 heavy (non-hydrogen) atoms. The van der Waals surface area contributed by atoms with Gasteiger partial charge in [0.25, 0.3) is 11.8 Å². The number of nitrogens with one attached hydrogen (secondary N) is 2. The summed E-state index contributed by atoms with van der Waals surface area (Å²) in [6.07, 6.45) is 1.96. The normalized spacial score (nSPS) is 10.2. The van der Waals surface area contributed by atoms with Crippen molar-refractivity contribution in [2.24, 2.45) is 0 Å². The SMILES string of the molecule is CCOc1cc(C(=O)NNC(=O)c2ccc(SC)cc2)cc(OCC)c1OCC. The molecule has 2 aromatic rings. The highest BCUT2D eigenvalue weighted by atomic mass is 32.2. The van der Waals surface area contributed by atoms with Gasteiger partial charge in [-0.05, 0) is 63.4 Å². The van der Waals surface area contributed by atoms with Crippen LogP contribution in [0.3, 0.4) is 0 Å². The maximum atomic E-state index is 12.6. The summed E-state index contributed by atoms with van der Waals surface area (Å²) in [6, 6.07) is 10.2. The smallest absolute Gasteiger partial charge is 0.269 e. The van der Waals surface area contributed by atoms with E-state index in [2.05, 4.69) is 10.9 Å². The highest BCUT2D eigenvalue weighted by Gasteiger charge is 2.19. The molecule has 0 saturated carbocycles. The van der Waals surface area contributed by atoms with E-state index in [1.807, 2.05) is 39.2 Å². The van der Waals surface area contributed by atoms with Gasteiger partial charge in [0.2, 0.25) is 5.75 Å². The van der Waals surface area contributed by atoms with E-state index in [4.69, 9.17) is 14.2 Å². The Morgan fingerprint density at radius 2 is 1.28 bits per heavy atom. The minimum atomic E-state index is -0.496. The molecule has 0 saturated heterocycles. The summed E-state index contributed by atoms with van der Waals surface area (Å²) in [6.45, 7) is 6.76. The molecule has 0 radical (unpaired) electrons. The van der Waals surface area contributed by atoms with Gasteiger partial charge < -0.3 is 14.2 Å². The fraction of sp³-hybridized carbons (Fsp3) is 0.333. The van der Waals surface area contributed by atoms with E-state index in [1.54, 1.807) is 36.0 Å². The third kappa shape index (κ3) is 6.05. The summed E-state index contributed by atoms with van der Waals surface area (Å²) >= 11 is 1.58. The highest BCUT2D eigenvalue weighted by Crippen LogP contribution is 2.39. The number of carbonyl (C=O) groups is 2. The van der Waals surface area contributed by atoms with E-state index in [0.717, 1.165) is 4.90 Å². The van der Waals surface area contributed by atoms with Crippen LogP contribution in [-0.2, 0) is 0 Å². The third-order valence-electron chi connectivity index (χ3n) is 3.81. The van der Waals surface area contributed by atoms with Gasteiger partial charge in [0, 0.05) is 16.0 Å². The quantitative estimate of drug-likeness (QED) is 0.477. The van der Waals surface area contributed by atoms with Crippen LogP contribution in [0.4, 0.5) is 0 Å². The minimum absolute atomic E-state index is 0.276. The van der Waals surface area contributed by atoms with Crippen molar-refractivity contribution in [3.05, 3.63) is 47.5 Å². The molecule has 7 nitrogen and oxygen atoms in total. The van der Waals surface area contributed by atoms with Gasteiger partial charge in [-0.1, -0.05) is 0 Å². The lowest BCUT2D eigenvalue weighted by molar-refractivity contribution is 0.0846. The molecule has 8 heteroatoms. The van der Waals surface area contributed by atoms with Crippen LogP contribution in [0.25, 0.3) is 0 Å². The van der Waals surface area contributed by atoms with Crippen LogP contribution in [0.1, 0.15) is 41.5 Å². The molecule has 0 heterocycles. The molecular formula is C21H26N2O5S. The molecule has 2 N–H and O–H groups in total. The van der Waals surface area contributed by atoms with Crippen molar-refractivity contribution in [1.82, 2.24) is 10.9 Å². The van der Waals surface area contributed by atoms with Crippen molar-refractivity contribution >= 4 is 23.6 Å². The summed E-state index contributed by atoms with van der Waals surface area (Å²) in [7, 11) is 0. The number of carbonyl (C=O) groups excluding carboxylic acids is 2. The van der Waals surface area contributed by atoms with Crippen LogP contribution in [-0.4, -0.2) is 37.9 Å². The largest absolute Gasteiger partial charge is 0.490 e. The summed E-state index contributed by atoms with van der Waals surface area (Å²) in [5.41, 5.74) is 5.56. The maximum Gasteiger partial charge on any atom is 0.269 e. The van der Waals surface area contributed by atoms with E-state index < -0.39 is 11.8 Å². The molecule has 0 bridgehead atoms. The number of hydrazine groups is 1. The van der Waals surface area contributed by atoms with Crippen LogP contribution >= 0.6 is 11.8 Å². The lowest BCUT2D eigenvalue weighted by Crippen LogP contribution is -2.41. The Morgan fingerprint density at radius 3 is 1.72 bits per heavy atom. The fourth-order valence-electron chi connectivity index (χ4n) is 2.52. The van der Waals surface area contributed by atoms with Crippen LogP contribution in [0.5, 0.6) is 17.2 Å². The van der Waals surface area contributed by atoms with Crippen molar-refractivity contribution in [2.45, 2.75) is 25.7 Å². The van der Waals surface area contributed by atoms with Gasteiger partial charge in [0.1, 0.15) is 0 Å². The standard InChI is InChI=1S/C21H26N2O5S/c1-5-26-17-12-15(13-18(27-6-2)19(17)28-7-3)21(25)23-22-20(24)14-8-10-16(29-4)11-9-14/h8-13H,5-7H2,1-4H3,(H,22,24)(H,23,25). The molecule has 2 aromatic carbocycles. The second-order valence-electron chi connectivity index (χ2n) is 5.74. The molecule has 0 aliphatic carbocycles. The second-order valence-corrected chi connectivity index (χ2v) is 6.62. The Bertz CT molecular complexity index is 812. The zero-order valence-corrected chi connectivity index (χ0v) is 17.9. The fourth-order valence-corrected chi connectivity index (χ4v) is 2.93. The van der Waals surface area contributed by atoms with E-state index in [9.17, 15) is 9.59 Å². The zero-order chi connectivity index (χ0) is 21.2. The number of hydrogen-bond acceptors (Lipinski definition) is 6. The van der Waals surface area contributed by atoms with Gasteiger partial charge >= 0.3 is 0 Å². The second kappa shape index (κ2) is 11.2. The Kier molecular flexibility index (Phi) is 8.67. The van der Waals surface area contributed by atoms with Crippen LogP contribution < -0.4 is 25.1 Å². The molecule has 0 aliphatic heterocycles. The first-order chi connectivity index (χ1) is 14.0. The van der Waals surface area contributed by atoms with Crippen molar-refractivity contribution in [1.29, 1.82) is 0 Å². The Hall–Kier alpha value is -2.87. The topological polar surface area (TPSA) is 85.9 Å². The average molecular weight is 419 g/mol. The van der Waals surface area contributed by atoms with Gasteiger partial charge in [0.15, 0.2) is 11.5 Å². The van der Waals surface area contributed by atoms with Gasteiger partial charge in [-0.25, -0.2) is 0 Å². The van der Waals surface area contributed by atoms with Crippen molar-refractivity contribution in [3.8, 4) is 17.2 Å². The monoisotopic (exact) mass is 418 g/mol.